The number of benzene rings is 1. The monoisotopic (exact) mass is 321 g/mol. The number of ether oxygens (including phenoxy) is 1. The average molecular weight is 322 g/mol. The number of nitrogens with zero attached hydrogens (tertiary/aromatic N) is 1. The third kappa shape index (κ3) is 4.34. The van der Waals surface area contributed by atoms with E-state index in [2.05, 4.69) is 0 Å². The maximum absolute atomic E-state index is 12.3. The summed E-state index contributed by atoms with van der Waals surface area (Å²) in [4.78, 5) is 25.7. The summed E-state index contributed by atoms with van der Waals surface area (Å²) in [6.45, 7) is 3.25. The average Bonchev–Trinajstić information content (AvgIpc) is 2.54. The Labute approximate surface area is 135 Å². The lowest BCUT2D eigenvalue weighted by molar-refractivity contribution is -0.150. The van der Waals surface area contributed by atoms with Crippen molar-refractivity contribution in [2.75, 3.05) is 19.7 Å². The molecule has 1 aliphatic rings. The number of amides is 1. The molecule has 1 aliphatic heterocycles. The molecular weight excluding hydrogens is 302 g/mol. The molecule has 1 fully saturated rings. The highest BCUT2D eigenvalue weighted by Crippen LogP contribution is 2.19. The van der Waals surface area contributed by atoms with Gasteiger partial charge in [-0.3, -0.25) is 9.59 Å². The van der Waals surface area contributed by atoms with E-state index in [9.17, 15) is 9.59 Å². The van der Waals surface area contributed by atoms with Crippen LogP contribution in [0.4, 0.5) is 0 Å². The quantitative estimate of drug-likeness (QED) is 0.632. The topological polar surface area (TPSA) is 46.6 Å². The van der Waals surface area contributed by atoms with Crippen molar-refractivity contribution in [1.29, 1.82) is 0 Å². The van der Waals surface area contributed by atoms with Crippen LogP contribution in [0.5, 0.6) is 0 Å². The van der Waals surface area contributed by atoms with Gasteiger partial charge in [0, 0.05) is 24.2 Å². The Kier molecular flexibility index (Phi) is 6.01. The summed E-state index contributed by atoms with van der Waals surface area (Å²) in [6.07, 6.45) is 4.80. The van der Waals surface area contributed by atoms with Crippen LogP contribution in [-0.2, 0) is 14.3 Å². The fourth-order valence-corrected chi connectivity index (χ4v) is 2.71. The van der Waals surface area contributed by atoms with Crippen molar-refractivity contribution in [3.63, 3.8) is 0 Å². The number of piperidine rings is 1. The normalized spacial score (nSPS) is 18.5. The lowest BCUT2D eigenvalue weighted by Crippen LogP contribution is -2.42. The van der Waals surface area contributed by atoms with E-state index in [4.69, 9.17) is 16.3 Å². The first-order chi connectivity index (χ1) is 10.6. The summed E-state index contributed by atoms with van der Waals surface area (Å²) in [6, 6.07) is 7.34. The first kappa shape index (κ1) is 16.6. The summed E-state index contributed by atoms with van der Waals surface area (Å²) < 4.78 is 5.04. The van der Waals surface area contributed by atoms with Crippen molar-refractivity contribution in [2.24, 2.45) is 5.92 Å². The molecule has 0 unspecified atom stereocenters. The second kappa shape index (κ2) is 7.99. The van der Waals surface area contributed by atoms with Crippen LogP contribution in [0.15, 0.2) is 30.3 Å². The van der Waals surface area contributed by atoms with E-state index >= 15 is 0 Å². The molecule has 1 heterocycles. The molecule has 5 heteroatoms. The van der Waals surface area contributed by atoms with Crippen LogP contribution in [-0.4, -0.2) is 36.5 Å². The molecule has 4 nitrogen and oxygen atoms in total. The Balaban J connectivity index is 1.97. The van der Waals surface area contributed by atoms with Crippen molar-refractivity contribution in [2.45, 2.75) is 19.8 Å². The first-order valence-electron chi connectivity index (χ1n) is 7.50. The van der Waals surface area contributed by atoms with Crippen molar-refractivity contribution in [3.05, 3.63) is 40.9 Å². The van der Waals surface area contributed by atoms with Crippen LogP contribution in [0.1, 0.15) is 25.3 Å². The predicted octanol–water partition coefficient (Wildman–Crippen LogP) is 3.15. The van der Waals surface area contributed by atoms with Gasteiger partial charge in [-0.05, 0) is 37.5 Å². The minimum atomic E-state index is -0.216. The van der Waals surface area contributed by atoms with Gasteiger partial charge in [0.25, 0.3) is 0 Å². The number of likely N-dealkylation sites (tertiary alicyclic amines) is 1. The molecule has 118 valence electrons. The number of carbonyl (C=O) groups is 2. The van der Waals surface area contributed by atoms with E-state index in [-0.39, 0.29) is 17.8 Å². The molecule has 0 spiro atoms. The van der Waals surface area contributed by atoms with Gasteiger partial charge in [0.1, 0.15) is 0 Å². The summed E-state index contributed by atoms with van der Waals surface area (Å²) >= 11 is 6.06. The lowest BCUT2D eigenvalue weighted by atomic mass is 9.98. The molecule has 1 aromatic carbocycles. The molecule has 0 radical (unpaired) electrons. The maximum atomic E-state index is 12.3. The number of hydrogen-bond donors (Lipinski definition) is 0. The minimum absolute atomic E-state index is 0.103. The van der Waals surface area contributed by atoms with Crippen LogP contribution in [0.2, 0.25) is 5.02 Å². The Morgan fingerprint density at radius 3 is 2.91 bits per heavy atom. The molecule has 2 rings (SSSR count). The maximum Gasteiger partial charge on any atom is 0.310 e. The first-order valence-corrected chi connectivity index (χ1v) is 7.87. The predicted molar refractivity (Wildman–Crippen MR) is 86.4 cm³/mol. The van der Waals surface area contributed by atoms with Gasteiger partial charge in [0.2, 0.25) is 5.91 Å². The SMILES string of the molecule is CCOC(=O)[C@@H]1CCCN(C(=O)/C=C/c2ccccc2Cl)C1. The van der Waals surface area contributed by atoms with Crippen molar-refractivity contribution in [1.82, 2.24) is 4.90 Å². The van der Waals surface area contributed by atoms with Crippen LogP contribution < -0.4 is 0 Å². The molecule has 1 amide bonds. The summed E-state index contributed by atoms with van der Waals surface area (Å²) in [5.41, 5.74) is 0.802. The zero-order chi connectivity index (χ0) is 15.9. The Morgan fingerprint density at radius 2 is 2.18 bits per heavy atom. The molecule has 1 saturated heterocycles. The number of halogens is 1. The molecular formula is C17H20ClNO3. The second-order valence-electron chi connectivity index (χ2n) is 5.23. The van der Waals surface area contributed by atoms with Gasteiger partial charge in [-0.15, -0.1) is 0 Å². The van der Waals surface area contributed by atoms with E-state index in [0.717, 1.165) is 18.4 Å². The highest BCUT2D eigenvalue weighted by Gasteiger charge is 2.28. The Hall–Kier alpha value is -1.81. The molecule has 1 atom stereocenters. The smallest absolute Gasteiger partial charge is 0.310 e. The van der Waals surface area contributed by atoms with E-state index in [0.29, 0.717) is 24.7 Å². The summed E-state index contributed by atoms with van der Waals surface area (Å²) in [5, 5.41) is 0.606. The zero-order valence-corrected chi connectivity index (χ0v) is 13.4. The van der Waals surface area contributed by atoms with Crippen molar-refractivity contribution < 1.29 is 14.3 Å². The zero-order valence-electron chi connectivity index (χ0n) is 12.6. The second-order valence-corrected chi connectivity index (χ2v) is 5.64. The molecule has 0 N–H and O–H groups in total. The summed E-state index contributed by atoms with van der Waals surface area (Å²) in [5.74, 6) is -0.532. The van der Waals surface area contributed by atoms with Gasteiger partial charge in [0.15, 0.2) is 0 Å². The minimum Gasteiger partial charge on any atom is -0.466 e. The number of carbonyl (C=O) groups excluding carboxylic acids is 2. The van der Waals surface area contributed by atoms with Crippen LogP contribution in [0.3, 0.4) is 0 Å². The third-order valence-electron chi connectivity index (χ3n) is 3.66. The van der Waals surface area contributed by atoms with Gasteiger partial charge in [-0.25, -0.2) is 0 Å². The fraction of sp³-hybridized carbons (Fsp3) is 0.412. The standard InChI is InChI=1S/C17H20ClNO3/c1-2-22-17(21)14-7-5-11-19(12-14)16(20)10-9-13-6-3-4-8-15(13)18/h3-4,6,8-10,14H,2,5,7,11-12H2,1H3/b10-9+/t14-/m1/s1. The van der Waals surface area contributed by atoms with Gasteiger partial charge in [-0.2, -0.15) is 0 Å². The van der Waals surface area contributed by atoms with Crippen LogP contribution in [0.25, 0.3) is 6.08 Å². The van der Waals surface area contributed by atoms with Gasteiger partial charge in [0.05, 0.1) is 12.5 Å². The molecule has 0 saturated carbocycles. The third-order valence-corrected chi connectivity index (χ3v) is 4.01. The highest BCUT2D eigenvalue weighted by molar-refractivity contribution is 6.32. The Morgan fingerprint density at radius 1 is 1.41 bits per heavy atom. The van der Waals surface area contributed by atoms with Crippen LogP contribution >= 0.6 is 11.6 Å². The molecule has 0 aliphatic carbocycles. The fourth-order valence-electron chi connectivity index (χ4n) is 2.51. The van der Waals surface area contributed by atoms with E-state index < -0.39 is 0 Å². The molecule has 22 heavy (non-hydrogen) atoms. The van der Waals surface area contributed by atoms with Gasteiger partial charge in [-0.1, -0.05) is 29.8 Å². The number of rotatable bonds is 4. The molecule has 0 aromatic heterocycles. The molecule has 0 bridgehead atoms. The van der Waals surface area contributed by atoms with E-state index in [1.54, 1.807) is 24.0 Å². The van der Waals surface area contributed by atoms with Crippen molar-refractivity contribution in [3.8, 4) is 0 Å². The number of hydrogen-bond acceptors (Lipinski definition) is 3. The number of esters is 1. The van der Waals surface area contributed by atoms with Gasteiger partial charge < -0.3 is 9.64 Å². The highest BCUT2D eigenvalue weighted by atomic mass is 35.5. The van der Waals surface area contributed by atoms with Crippen LogP contribution in [0, 0.1) is 5.92 Å². The largest absolute Gasteiger partial charge is 0.466 e. The lowest BCUT2D eigenvalue weighted by Gasteiger charge is -2.30. The molecule has 1 aromatic rings. The van der Waals surface area contributed by atoms with E-state index in [1.807, 2.05) is 18.2 Å². The summed E-state index contributed by atoms with van der Waals surface area (Å²) in [7, 11) is 0. The Bertz CT molecular complexity index is 571. The van der Waals surface area contributed by atoms with E-state index in [1.165, 1.54) is 6.08 Å². The van der Waals surface area contributed by atoms with Gasteiger partial charge >= 0.3 is 5.97 Å². The van der Waals surface area contributed by atoms with Crippen molar-refractivity contribution >= 4 is 29.6 Å².